The zero-order valence-corrected chi connectivity index (χ0v) is 20.9. The van der Waals surface area contributed by atoms with E-state index in [4.69, 9.17) is 0 Å². The topological polar surface area (TPSA) is 147 Å². The molecule has 4 N–H and O–H groups in total. The van der Waals surface area contributed by atoms with Crippen LogP contribution in [0.5, 0.6) is 0 Å². The lowest BCUT2D eigenvalue weighted by molar-refractivity contribution is -0.140. The van der Waals surface area contributed by atoms with Gasteiger partial charge in [0, 0.05) is 18.7 Å². The van der Waals surface area contributed by atoms with Crippen LogP contribution in [0, 0.1) is 5.92 Å². The molecule has 2 rings (SSSR count). The highest BCUT2D eigenvalue weighted by molar-refractivity contribution is 7.49. The van der Waals surface area contributed by atoms with E-state index in [2.05, 4.69) is 5.32 Å². The zero-order chi connectivity index (χ0) is 25.5. The number of carboxylic acid groups (broad SMARTS) is 1. The molecule has 2 amide bonds. The molecule has 186 valence electrons. The van der Waals surface area contributed by atoms with Crippen molar-refractivity contribution in [3.8, 4) is 0 Å². The van der Waals surface area contributed by atoms with Crippen molar-refractivity contribution >= 4 is 42.6 Å². The van der Waals surface area contributed by atoms with Gasteiger partial charge in [-0.3, -0.25) is 14.5 Å². The minimum Gasteiger partial charge on any atom is -0.480 e. The number of hydrogen-bond acceptors (Lipinski definition) is 5. The molecular formula is C22H30N3O7PS. The average molecular weight is 512 g/mol. The average Bonchev–Trinajstić information content (AvgIpc) is 3.26. The highest BCUT2D eigenvalue weighted by atomic mass is 32.1. The Morgan fingerprint density at radius 1 is 1.09 bits per heavy atom. The lowest BCUT2D eigenvalue weighted by Gasteiger charge is -2.37. The third-order valence-electron chi connectivity index (χ3n) is 5.05. The molecule has 10 nitrogen and oxygen atoms in total. The van der Waals surface area contributed by atoms with E-state index in [1.807, 2.05) is 0 Å². The van der Waals surface area contributed by atoms with Gasteiger partial charge in [-0.05, 0) is 29.3 Å². The predicted molar refractivity (Wildman–Crippen MR) is 129 cm³/mol. The Morgan fingerprint density at radius 2 is 1.74 bits per heavy atom. The molecule has 2 unspecified atom stereocenters. The highest BCUT2D eigenvalue weighted by Gasteiger charge is 2.43. The fourth-order valence-electron chi connectivity index (χ4n) is 3.51. The number of aliphatic carboxylic acids is 1. The summed E-state index contributed by atoms with van der Waals surface area (Å²) in [6.07, 6.45) is 0.0234. The number of thiophene rings is 1. The molecule has 0 aliphatic rings. The maximum Gasteiger partial charge on any atom is 0.405 e. The monoisotopic (exact) mass is 511 g/mol. The summed E-state index contributed by atoms with van der Waals surface area (Å²) in [4.78, 5) is 58.9. The molecule has 0 bridgehead atoms. The Hall–Kier alpha value is -2.56. The molecule has 34 heavy (non-hydrogen) atoms. The number of hydrogen-bond donors (Lipinski definition) is 4. The van der Waals surface area contributed by atoms with Crippen molar-refractivity contribution in [2.75, 3.05) is 11.6 Å². The van der Waals surface area contributed by atoms with Crippen molar-refractivity contribution in [1.29, 1.82) is 0 Å². The lowest BCUT2D eigenvalue weighted by atomic mass is 9.99. The summed E-state index contributed by atoms with van der Waals surface area (Å²) in [6, 6.07) is 7.69. The van der Waals surface area contributed by atoms with Gasteiger partial charge in [-0.1, -0.05) is 44.2 Å². The van der Waals surface area contributed by atoms with Crippen molar-refractivity contribution in [2.45, 2.75) is 45.7 Å². The summed E-state index contributed by atoms with van der Waals surface area (Å²) < 4.78 is 13.0. The van der Waals surface area contributed by atoms with Gasteiger partial charge >= 0.3 is 13.7 Å². The molecule has 2 aromatic rings. The van der Waals surface area contributed by atoms with Crippen molar-refractivity contribution < 1.29 is 33.8 Å². The van der Waals surface area contributed by atoms with E-state index in [0.29, 0.717) is 15.9 Å². The molecule has 12 heteroatoms. The number of amides is 2. The summed E-state index contributed by atoms with van der Waals surface area (Å²) in [5.41, 5.74) is 1.01. The Labute approximate surface area is 202 Å². The standard InChI is InChI=1S/C22H30N3O7PS/c1-15(2)11-19(24(33(30,31)32)14-23-16(3)26)21(27)25(18-9-10-34-13-18)20(22(28)29)12-17-7-5-4-6-8-17/h4-10,13,15,19-20H,11-12,14H2,1-3H3,(H,23,26)(H,28,29)(H2,30,31,32). The largest absolute Gasteiger partial charge is 0.480 e. The first kappa shape index (κ1) is 27.7. The molecule has 0 saturated carbocycles. The van der Waals surface area contributed by atoms with E-state index in [-0.39, 0.29) is 18.8 Å². The van der Waals surface area contributed by atoms with Crippen LogP contribution in [0.4, 0.5) is 5.69 Å². The first-order valence-corrected chi connectivity index (χ1v) is 13.1. The minimum absolute atomic E-state index is 0.00619. The van der Waals surface area contributed by atoms with Crippen molar-refractivity contribution in [1.82, 2.24) is 9.99 Å². The molecule has 1 aromatic heterocycles. The Morgan fingerprint density at radius 3 is 2.21 bits per heavy atom. The van der Waals surface area contributed by atoms with Gasteiger partial charge in [-0.25, -0.2) is 9.36 Å². The van der Waals surface area contributed by atoms with Gasteiger partial charge in [0.1, 0.15) is 12.1 Å². The summed E-state index contributed by atoms with van der Waals surface area (Å²) >= 11 is 1.26. The first-order valence-electron chi connectivity index (χ1n) is 10.6. The second-order valence-electron chi connectivity index (χ2n) is 8.22. The van der Waals surface area contributed by atoms with Crippen LogP contribution >= 0.6 is 19.1 Å². The SMILES string of the molecule is CC(=O)NCN(C(CC(C)C)C(=O)N(c1ccsc1)C(Cc1ccccc1)C(=O)O)P(=O)(O)O. The summed E-state index contributed by atoms with van der Waals surface area (Å²) in [6.45, 7) is 4.18. The second-order valence-corrected chi connectivity index (χ2v) is 10.5. The van der Waals surface area contributed by atoms with E-state index < -0.39 is 44.3 Å². The fraction of sp³-hybridized carbons (Fsp3) is 0.409. The molecular weight excluding hydrogens is 481 g/mol. The minimum atomic E-state index is -5.01. The number of benzene rings is 1. The van der Waals surface area contributed by atoms with Gasteiger partial charge in [0.2, 0.25) is 11.8 Å². The number of rotatable bonds is 12. The lowest BCUT2D eigenvalue weighted by Crippen LogP contribution is -2.56. The molecule has 0 saturated heterocycles. The first-order chi connectivity index (χ1) is 15.9. The van der Waals surface area contributed by atoms with Gasteiger partial charge < -0.3 is 20.2 Å². The third kappa shape index (κ3) is 7.75. The van der Waals surface area contributed by atoms with Crippen molar-refractivity contribution in [2.24, 2.45) is 5.92 Å². The fourth-order valence-corrected chi connectivity index (χ4v) is 4.95. The van der Waals surface area contributed by atoms with E-state index in [1.54, 1.807) is 61.0 Å². The Balaban J connectivity index is 2.56. The maximum atomic E-state index is 13.9. The van der Waals surface area contributed by atoms with E-state index in [9.17, 15) is 33.8 Å². The molecule has 0 aliphatic heterocycles. The van der Waals surface area contributed by atoms with Gasteiger partial charge in [0.25, 0.3) is 0 Å². The van der Waals surface area contributed by atoms with Crippen LogP contribution < -0.4 is 10.2 Å². The van der Waals surface area contributed by atoms with Crippen LogP contribution in [0.25, 0.3) is 0 Å². The predicted octanol–water partition coefficient (Wildman–Crippen LogP) is 2.68. The summed E-state index contributed by atoms with van der Waals surface area (Å²) in [5, 5.41) is 15.7. The highest BCUT2D eigenvalue weighted by Crippen LogP contribution is 2.43. The van der Waals surface area contributed by atoms with Crippen molar-refractivity contribution in [3.05, 3.63) is 52.7 Å². The van der Waals surface area contributed by atoms with Gasteiger partial charge in [-0.15, -0.1) is 0 Å². The molecule has 0 fully saturated rings. The Bertz CT molecular complexity index is 1010. The van der Waals surface area contributed by atoms with E-state index in [0.717, 1.165) is 4.90 Å². The van der Waals surface area contributed by atoms with Crippen molar-refractivity contribution in [3.63, 3.8) is 0 Å². The van der Waals surface area contributed by atoms with Crippen LogP contribution in [0.1, 0.15) is 32.8 Å². The molecule has 1 heterocycles. The number of carbonyl (C=O) groups is 3. The summed E-state index contributed by atoms with van der Waals surface area (Å²) in [5.74, 6) is -2.72. The quantitative estimate of drug-likeness (QED) is 0.251. The molecule has 2 atom stereocenters. The molecule has 0 spiro atoms. The number of carboxylic acids is 1. The van der Waals surface area contributed by atoms with Crippen LogP contribution in [0.2, 0.25) is 0 Å². The Kier molecular flexibility index (Phi) is 9.96. The number of anilines is 1. The number of carbonyl (C=O) groups excluding carboxylic acids is 2. The van der Waals surface area contributed by atoms with E-state index >= 15 is 0 Å². The zero-order valence-electron chi connectivity index (χ0n) is 19.2. The van der Waals surface area contributed by atoms with Crippen LogP contribution in [0.15, 0.2) is 47.2 Å². The van der Waals surface area contributed by atoms with Gasteiger partial charge in [-0.2, -0.15) is 16.0 Å². The van der Waals surface area contributed by atoms with Gasteiger partial charge in [0.15, 0.2) is 0 Å². The second kappa shape index (κ2) is 12.2. The number of nitrogens with one attached hydrogen (secondary N) is 1. The molecule has 1 aromatic carbocycles. The van der Waals surface area contributed by atoms with Crippen LogP contribution in [-0.4, -0.2) is 56.1 Å². The van der Waals surface area contributed by atoms with Gasteiger partial charge in [0.05, 0.1) is 12.4 Å². The molecule has 0 aliphatic carbocycles. The smallest absolute Gasteiger partial charge is 0.405 e. The third-order valence-corrected chi connectivity index (χ3v) is 6.81. The van der Waals surface area contributed by atoms with Crippen LogP contribution in [-0.2, 0) is 25.4 Å². The van der Waals surface area contributed by atoms with E-state index in [1.165, 1.54) is 18.3 Å². The molecule has 0 radical (unpaired) electrons. The normalized spacial score (nSPS) is 13.5. The maximum absolute atomic E-state index is 13.9. The summed E-state index contributed by atoms with van der Waals surface area (Å²) in [7, 11) is -5.01. The van der Waals surface area contributed by atoms with Crippen LogP contribution in [0.3, 0.4) is 0 Å². The number of nitrogens with zero attached hydrogens (tertiary/aromatic N) is 2.